The van der Waals surface area contributed by atoms with Gasteiger partial charge in [0.25, 0.3) is 0 Å². The number of carbonyl (C=O) groups excluding carboxylic acids is 1. The van der Waals surface area contributed by atoms with E-state index < -0.39 is 29.3 Å². The van der Waals surface area contributed by atoms with Crippen LogP contribution >= 0.6 is 0 Å². The molecule has 1 amide bonds. The molecule has 6 heteroatoms. The van der Waals surface area contributed by atoms with Crippen LogP contribution in [0.15, 0.2) is 11.6 Å². The van der Waals surface area contributed by atoms with Crippen LogP contribution in [0.2, 0.25) is 0 Å². The fraction of sp³-hybridized carbons (Fsp3) is 0.765. The van der Waals surface area contributed by atoms with E-state index >= 15 is 0 Å². The zero-order valence-electron chi connectivity index (χ0n) is 13.4. The zero-order chi connectivity index (χ0) is 17.0. The highest BCUT2D eigenvalue weighted by Gasteiger charge is 2.58. The highest BCUT2D eigenvalue weighted by molar-refractivity contribution is 5.77. The van der Waals surface area contributed by atoms with Gasteiger partial charge in [-0.05, 0) is 31.6 Å². The molecule has 3 nitrogen and oxygen atoms in total. The van der Waals surface area contributed by atoms with E-state index in [-0.39, 0.29) is 18.4 Å². The standard InChI is InChI=1S/C17H21F3N2O/c1-16-8-7-14(23)22(2)13(16)6-4-11-12(16)5-3-10(9-21)15(11)17(18,19)20/h5,10-11,13,15H,3-4,6-8H2,1-2H3/t10?,11?,13?,15?,16-/m1/s1. The van der Waals surface area contributed by atoms with E-state index in [1.807, 2.05) is 19.1 Å². The molecule has 3 aliphatic rings. The fourth-order valence-corrected chi connectivity index (χ4v) is 5.10. The highest BCUT2D eigenvalue weighted by Crippen LogP contribution is 2.58. The van der Waals surface area contributed by atoms with Crippen molar-refractivity contribution in [2.24, 2.45) is 23.2 Å². The van der Waals surface area contributed by atoms with Gasteiger partial charge in [0.15, 0.2) is 0 Å². The van der Waals surface area contributed by atoms with Gasteiger partial charge in [-0.3, -0.25) is 4.79 Å². The molecule has 0 aromatic heterocycles. The first-order valence-electron chi connectivity index (χ1n) is 8.12. The summed E-state index contributed by atoms with van der Waals surface area (Å²) in [7, 11) is 1.76. The summed E-state index contributed by atoms with van der Waals surface area (Å²) in [6, 6.07) is 1.84. The Labute approximate surface area is 134 Å². The van der Waals surface area contributed by atoms with Crippen LogP contribution in [0.1, 0.15) is 39.0 Å². The molecular weight excluding hydrogens is 305 g/mol. The van der Waals surface area contributed by atoms with Crippen LogP contribution in [0.5, 0.6) is 0 Å². The van der Waals surface area contributed by atoms with Crippen molar-refractivity contribution in [3.05, 3.63) is 11.6 Å². The van der Waals surface area contributed by atoms with Gasteiger partial charge >= 0.3 is 6.18 Å². The van der Waals surface area contributed by atoms with E-state index in [1.54, 1.807) is 11.9 Å². The van der Waals surface area contributed by atoms with Crippen LogP contribution in [0.3, 0.4) is 0 Å². The van der Waals surface area contributed by atoms with Gasteiger partial charge in [-0.2, -0.15) is 18.4 Å². The third-order valence-electron chi connectivity index (χ3n) is 6.27. The molecule has 0 aromatic carbocycles. The maximum atomic E-state index is 13.6. The van der Waals surface area contributed by atoms with Crippen LogP contribution in [0.25, 0.3) is 0 Å². The van der Waals surface area contributed by atoms with Crippen molar-refractivity contribution < 1.29 is 18.0 Å². The number of carbonyl (C=O) groups is 1. The molecule has 2 aliphatic carbocycles. The number of rotatable bonds is 0. The van der Waals surface area contributed by atoms with Gasteiger partial charge in [0.2, 0.25) is 5.91 Å². The second-order valence-electron chi connectivity index (χ2n) is 7.32. The number of fused-ring (bicyclic) bond motifs is 3. The predicted molar refractivity (Wildman–Crippen MR) is 78.0 cm³/mol. The Morgan fingerprint density at radius 1 is 1.39 bits per heavy atom. The minimum Gasteiger partial charge on any atom is -0.342 e. The first-order valence-corrected chi connectivity index (χ1v) is 8.12. The van der Waals surface area contributed by atoms with Gasteiger partial charge < -0.3 is 4.90 Å². The summed E-state index contributed by atoms with van der Waals surface area (Å²) >= 11 is 0. The molecule has 1 aliphatic heterocycles. The minimum absolute atomic E-state index is 0.0289. The molecule has 0 bridgehead atoms. The first-order chi connectivity index (χ1) is 10.7. The summed E-state index contributed by atoms with van der Waals surface area (Å²) in [6.45, 7) is 2.00. The van der Waals surface area contributed by atoms with Crippen molar-refractivity contribution in [1.82, 2.24) is 4.90 Å². The quantitative estimate of drug-likeness (QED) is 0.638. The van der Waals surface area contributed by atoms with Gasteiger partial charge in [0, 0.05) is 24.9 Å². The highest BCUT2D eigenvalue weighted by atomic mass is 19.4. The van der Waals surface area contributed by atoms with Crippen LogP contribution in [-0.4, -0.2) is 30.1 Å². The van der Waals surface area contributed by atoms with Crippen molar-refractivity contribution in [3.63, 3.8) is 0 Å². The molecular formula is C17H21F3N2O. The number of amides is 1. The van der Waals surface area contributed by atoms with Crippen molar-refractivity contribution in [2.75, 3.05) is 7.05 Å². The average molecular weight is 326 g/mol. The average Bonchev–Trinajstić information content (AvgIpc) is 2.49. The molecule has 0 aromatic rings. The van der Waals surface area contributed by atoms with Gasteiger partial charge in [0.05, 0.1) is 17.9 Å². The Hall–Kier alpha value is -1.51. The third-order valence-corrected chi connectivity index (χ3v) is 6.27. The summed E-state index contributed by atoms with van der Waals surface area (Å²) in [4.78, 5) is 13.7. The number of alkyl halides is 3. The smallest absolute Gasteiger partial charge is 0.342 e. The van der Waals surface area contributed by atoms with Crippen LogP contribution in [0, 0.1) is 34.5 Å². The van der Waals surface area contributed by atoms with Gasteiger partial charge in [-0.1, -0.05) is 18.6 Å². The Bertz CT molecular complexity index is 592. The van der Waals surface area contributed by atoms with Crippen molar-refractivity contribution in [3.8, 4) is 6.07 Å². The van der Waals surface area contributed by atoms with Gasteiger partial charge in [-0.15, -0.1) is 0 Å². The number of hydrogen-bond acceptors (Lipinski definition) is 2. The molecule has 1 saturated heterocycles. The summed E-state index contributed by atoms with van der Waals surface area (Å²) < 4.78 is 40.8. The maximum absolute atomic E-state index is 13.6. The SMILES string of the molecule is CN1C(=O)CC[C@]2(C)C3=CCC(C#N)C(C(F)(F)F)C3CCC12. The van der Waals surface area contributed by atoms with E-state index in [4.69, 9.17) is 5.26 Å². The topological polar surface area (TPSA) is 44.1 Å². The number of allylic oxidation sites excluding steroid dienone is 1. The molecule has 5 atom stereocenters. The normalized spacial score (nSPS) is 40.8. The van der Waals surface area contributed by atoms with Crippen molar-refractivity contribution in [2.45, 2.75) is 51.2 Å². The molecule has 1 heterocycles. The Balaban J connectivity index is 2.01. The van der Waals surface area contributed by atoms with Crippen molar-refractivity contribution >= 4 is 5.91 Å². The van der Waals surface area contributed by atoms with Crippen LogP contribution in [0.4, 0.5) is 13.2 Å². The summed E-state index contributed by atoms with van der Waals surface area (Å²) in [5.41, 5.74) is 0.442. The van der Waals surface area contributed by atoms with Gasteiger partial charge in [-0.25, -0.2) is 0 Å². The summed E-state index contributed by atoms with van der Waals surface area (Å²) in [6.07, 6.45) is -0.373. The number of hydrogen-bond donors (Lipinski definition) is 0. The molecule has 1 saturated carbocycles. The third kappa shape index (κ3) is 2.36. The molecule has 0 N–H and O–H groups in total. The van der Waals surface area contributed by atoms with E-state index in [9.17, 15) is 18.0 Å². The van der Waals surface area contributed by atoms with Crippen LogP contribution in [-0.2, 0) is 4.79 Å². The first kappa shape index (κ1) is 16.4. The van der Waals surface area contributed by atoms with Crippen LogP contribution < -0.4 is 0 Å². The number of piperidine rings is 1. The number of halogens is 3. The number of nitriles is 1. The Morgan fingerprint density at radius 3 is 2.70 bits per heavy atom. The minimum atomic E-state index is -4.36. The second kappa shape index (κ2) is 5.25. The maximum Gasteiger partial charge on any atom is 0.393 e. The second-order valence-corrected chi connectivity index (χ2v) is 7.32. The lowest BCUT2D eigenvalue weighted by Crippen LogP contribution is -2.58. The monoisotopic (exact) mass is 326 g/mol. The zero-order valence-corrected chi connectivity index (χ0v) is 13.4. The summed E-state index contributed by atoms with van der Waals surface area (Å²) in [5, 5.41) is 9.16. The number of nitrogens with zero attached hydrogens (tertiary/aromatic N) is 2. The fourth-order valence-electron chi connectivity index (χ4n) is 5.10. The van der Waals surface area contributed by atoms with E-state index in [1.165, 1.54) is 0 Å². The Morgan fingerprint density at radius 2 is 2.09 bits per heavy atom. The lowest BCUT2D eigenvalue weighted by molar-refractivity contribution is -0.202. The van der Waals surface area contributed by atoms with Crippen molar-refractivity contribution in [1.29, 1.82) is 5.26 Å². The molecule has 23 heavy (non-hydrogen) atoms. The van der Waals surface area contributed by atoms with E-state index in [2.05, 4.69) is 0 Å². The van der Waals surface area contributed by atoms with Gasteiger partial charge in [0.1, 0.15) is 0 Å². The molecule has 0 radical (unpaired) electrons. The Kier molecular flexibility index (Phi) is 3.74. The predicted octanol–water partition coefficient (Wildman–Crippen LogP) is 3.67. The molecule has 2 fully saturated rings. The molecule has 4 unspecified atom stereocenters. The molecule has 3 rings (SSSR count). The number of likely N-dealkylation sites (tertiary alicyclic amines) is 1. The van der Waals surface area contributed by atoms with E-state index in [0.29, 0.717) is 25.7 Å². The molecule has 126 valence electrons. The lowest BCUT2D eigenvalue weighted by atomic mass is 9.54. The molecule has 0 spiro atoms. The summed E-state index contributed by atoms with van der Waals surface area (Å²) in [5.74, 6) is -3.11. The largest absolute Gasteiger partial charge is 0.393 e. The lowest BCUT2D eigenvalue weighted by Gasteiger charge is -2.56. The van der Waals surface area contributed by atoms with E-state index in [0.717, 1.165) is 5.57 Å².